The summed E-state index contributed by atoms with van der Waals surface area (Å²) in [5, 5.41) is 21.2. The van der Waals surface area contributed by atoms with Crippen LogP contribution in [0, 0.1) is 13.8 Å². The molecular formula is C12H14N4O3. The second-order valence-corrected chi connectivity index (χ2v) is 3.97. The van der Waals surface area contributed by atoms with E-state index in [0.29, 0.717) is 23.6 Å². The molecule has 0 aliphatic carbocycles. The third-order valence-corrected chi connectivity index (χ3v) is 2.74. The van der Waals surface area contributed by atoms with Crippen LogP contribution in [-0.4, -0.2) is 37.7 Å². The minimum atomic E-state index is -1.06. The van der Waals surface area contributed by atoms with Gasteiger partial charge in [-0.2, -0.15) is 10.2 Å². The zero-order chi connectivity index (χ0) is 14.0. The average molecular weight is 262 g/mol. The number of carboxylic acid groups (broad SMARTS) is 1. The highest BCUT2D eigenvalue weighted by molar-refractivity contribution is 5.92. The Labute approximate surface area is 109 Å². The van der Waals surface area contributed by atoms with E-state index in [1.165, 1.54) is 10.9 Å². The van der Waals surface area contributed by atoms with Crippen LogP contribution >= 0.6 is 0 Å². The summed E-state index contributed by atoms with van der Waals surface area (Å²) in [6, 6.07) is 0. The summed E-state index contributed by atoms with van der Waals surface area (Å²) >= 11 is 0. The minimum Gasteiger partial charge on any atom is -0.491 e. The van der Waals surface area contributed by atoms with Gasteiger partial charge in [-0.05, 0) is 26.3 Å². The molecule has 0 aliphatic rings. The molecule has 2 heterocycles. The highest BCUT2D eigenvalue weighted by atomic mass is 16.5. The molecule has 7 nitrogen and oxygen atoms in total. The number of aromatic carboxylic acids is 1. The summed E-state index contributed by atoms with van der Waals surface area (Å²) in [7, 11) is 0. The topological polar surface area (TPSA) is 90.1 Å². The van der Waals surface area contributed by atoms with E-state index in [0.717, 1.165) is 0 Å². The van der Waals surface area contributed by atoms with E-state index < -0.39 is 5.97 Å². The summed E-state index contributed by atoms with van der Waals surface area (Å²) in [6.07, 6.45) is 3.08. The molecule has 0 saturated heterocycles. The quantitative estimate of drug-likeness (QED) is 0.895. The number of rotatable bonds is 4. The molecule has 0 atom stereocenters. The van der Waals surface area contributed by atoms with Gasteiger partial charge < -0.3 is 9.84 Å². The van der Waals surface area contributed by atoms with Crippen LogP contribution < -0.4 is 4.74 Å². The van der Waals surface area contributed by atoms with E-state index in [1.54, 1.807) is 20.0 Å². The predicted octanol–water partition coefficient (Wildman–Crippen LogP) is 1.38. The maximum Gasteiger partial charge on any atom is 0.339 e. The molecule has 0 saturated carbocycles. The number of aromatic nitrogens is 4. The van der Waals surface area contributed by atoms with Gasteiger partial charge in [-0.15, -0.1) is 5.10 Å². The molecule has 0 bridgehead atoms. The van der Waals surface area contributed by atoms with E-state index in [4.69, 9.17) is 4.74 Å². The molecule has 2 aromatic heterocycles. The second kappa shape index (κ2) is 5.05. The van der Waals surface area contributed by atoms with Crippen LogP contribution in [0.2, 0.25) is 0 Å². The molecule has 7 heteroatoms. The Balaban J connectivity index is 2.54. The van der Waals surface area contributed by atoms with Gasteiger partial charge in [0.25, 0.3) is 0 Å². The van der Waals surface area contributed by atoms with Crippen LogP contribution in [0.5, 0.6) is 5.75 Å². The molecule has 2 rings (SSSR count). The normalized spacial score (nSPS) is 10.5. The van der Waals surface area contributed by atoms with Crippen molar-refractivity contribution < 1.29 is 14.6 Å². The van der Waals surface area contributed by atoms with Crippen molar-refractivity contribution in [1.29, 1.82) is 0 Å². The molecule has 0 amide bonds. The molecule has 0 radical (unpaired) electrons. The van der Waals surface area contributed by atoms with E-state index in [1.807, 2.05) is 6.92 Å². The summed E-state index contributed by atoms with van der Waals surface area (Å²) in [4.78, 5) is 11.4. The molecule has 2 aromatic rings. The van der Waals surface area contributed by atoms with Gasteiger partial charge in [-0.25, -0.2) is 9.48 Å². The molecule has 0 unspecified atom stereocenters. The first-order chi connectivity index (χ1) is 9.04. The van der Waals surface area contributed by atoms with Gasteiger partial charge in [-0.1, -0.05) is 0 Å². The van der Waals surface area contributed by atoms with Gasteiger partial charge in [0.15, 0.2) is 11.6 Å². The van der Waals surface area contributed by atoms with E-state index in [-0.39, 0.29) is 11.4 Å². The fourth-order valence-corrected chi connectivity index (χ4v) is 1.68. The summed E-state index contributed by atoms with van der Waals surface area (Å²) in [6.45, 7) is 5.78. The van der Waals surface area contributed by atoms with Gasteiger partial charge in [0, 0.05) is 0 Å². The first kappa shape index (κ1) is 13.0. The number of hydrogen-bond acceptors (Lipinski definition) is 5. The van der Waals surface area contributed by atoms with Crippen molar-refractivity contribution in [2.24, 2.45) is 0 Å². The predicted molar refractivity (Wildman–Crippen MR) is 66.8 cm³/mol. The van der Waals surface area contributed by atoms with Crippen LogP contribution in [0.4, 0.5) is 0 Å². The SMILES string of the molecule is CCOc1cnn(-c2nnc(C)c(C)c2C(=O)O)c1. The van der Waals surface area contributed by atoms with Gasteiger partial charge in [-0.3, -0.25) is 0 Å². The Morgan fingerprint density at radius 3 is 2.79 bits per heavy atom. The molecule has 0 aromatic carbocycles. The van der Waals surface area contributed by atoms with Crippen LogP contribution in [-0.2, 0) is 0 Å². The zero-order valence-electron chi connectivity index (χ0n) is 10.9. The molecule has 100 valence electrons. The molecule has 19 heavy (non-hydrogen) atoms. The lowest BCUT2D eigenvalue weighted by Gasteiger charge is -2.08. The second-order valence-electron chi connectivity index (χ2n) is 3.97. The number of nitrogens with zero attached hydrogens (tertiary/aromatic N) is 4. The Bertz CT molecular complexity index is 621. The lowest BCUT2D eigenvalue weighted by molar-refractivity contribution is 0.0695. The van der Waals surface area contributed by atoms with Gasteiger partial charge in [0.2, 0.25) is 0 Å². The van der Waals surface area contributed by atoms with Crippen LogP contribution in [0.25, 0.3) is 5.82 Å². The average Bonchev–Trinajstić information content (AvgIpc) is 2.81. The maximum absolute atomic E-state index is 11.4. The fraction of sp³-hybridized carbons (Fsp3) is 0.333. The first-order valence-corrected chi connectivity index (χ1v) is 5.79. The molecule has 1 N–H and O–H groups in total. The van der Waals surface area contributed by atoms with Crippen molar-refractivity contribution in [3.05, 3.63) is 29.2 Å². The molecule has 0 spiro atoms. The third kappa shape index (κ3) is 2.40. The molecule has 0 fully saturated rings. The number of aryl methyl sites for hydroxylation is 1. The maximum atomic E-state index is 11.4. The van der Waals surface area contributed by atoms with Crippen molar-refractivity contribution in [2.45, 2.75) is 20.8 Å². The van der Waals surface area contributed by atoms with Gasteiger partial charge >= 0.3 is 5.97 Å². The van der Waals surface area contributed by atoms with Crippen LogP contribution in [0.3, 0.4) is 0 Å². The number of carbonyl (C=O) groups is 1. The smallest absolute Gasteiger partial charge is 0.339 e. The highest BCUT2D eigenvalue weighted by Gasteiger charge is 2.19. The lowest BCUT2D eigenvalue weighted by Crippen LogP contribution is -2.13. The highest BCUT2D eigenvalue weighted by Crippen LogP contribution is 2.19. The number of ether oxygens (including phenoxy) is 1. The van der Waals surface area contributed by atoms with Gasteiger partial charge in [0.05, 0.1) is 24.7 Å². The number of hydrogen-bond donors (Lipinski definition) is 1. The zero-order valence-corrected chi connectivity index (χ0v) is 10.9. The molecular weight excluding hydrogens is 248 g/mol. The Morgan fingerprint density at radius 2 is 2.16 bits per heavy atom. The van der Waals surface area contributed by atoms with Gasteiger partial charge in [0.1, 0.15) is 5.56 Å². The van der Waals surface area contributed by atoms with E-state index in [2.05, 4.69) is 15.3 Å². The van der Waals surface area contributed by atoms with Crippen molar-refractivity contribution in [1.82, 2.24) is 20.0 Å². The lowest BCUT2D eigenvalue weighted by atomic mass is 10.1. The van der Waals surface area contributed by atoms with Crippen molar-refractivity contribution >= 4 is 5.97 Å². The largest absolute Gasteiger partial charge is 0.491 e. The monoisotopic (exact) mass is 262 g/mol. The Hall–Kier alpha value is -2.44. The number of carboxylic acids is 1. The minimum absolute atomic E-state index is 0.0960. The van der Waals surface area contributed by atoms with E-state index >= 15 is 0 Å². The standard InChI is InChI=1S/C12H14N4O3/c1-4-19-9-5-13-16(6-9)11-10(12(17)18)7(2)8(3)14-15-11/h5-6H,4H2,1-3H3,(H,17,18). The first-order valence-electron chi connectivity index (χ1n) is 5.79. The van der Waals surface area contributed by atoms with E-state index in [9.17, 15) is 9.90 Å². The summed E-state index contributed by atoms with van der Waals surface area (Å²) in [5.41, 5.74) is 1.25. The fourth-order valence-electron chi connectivity index (χ4n) is 1.68. The van der Waals surface area contributed by atoms with Crippen molar-refractivity contribution in [2.75, 3.05) is 6.61 Å². The van der Waals surface area contributed by atoms with Crippen LogP contribution in [0.15, 0.2) is 12.4 Å². The summed E-state index contributed by atoms with van der Waals surface area (Å²) in [5.74, 6) is -0.320. The Morgan fingerprint density at radius 1 is 1.42 bits per heavy atom. The third-order valence-electron chi connectivity index (χ3n) is 2.74. The van der Waals surface area contributed by atoms with Crippen LogP contribution in [0.1, 0.15) is 28.5 Å². The van der Waals surface area contributed by atoms with Crippen molar-refractivity contribution in [3.63, 3.8) is 0 Å². The summed E-state index contributed by atoms with van der Waals surface area (Å²) < 4.78 is 6.64. The van der Waals surface area contributed by atoms with Crippen molar-refractivity contribution in [3.8, 4) is 11.6 Å². The Kier molecular flexibility index (Phi) is 3.46. The molecule has 0 aliphatic heterocycles.